The van der Waals surface area contributed by atoms with Crippen molar-refractivity contribution in [1.29, 1.82) is 0 Å². The topological polar surface area (TPSA) is 9.23 Å². The molecule has 1 aromatic carbocycles. The van der Waals surface area contributed by atoms with E-state index in [-0.39, 0.29) is 0 Å². The average Bonchev–Trinajstić information content (AvgIpc) is 2.23. The molecule has 0 aliphatic carbocycles. The van der Waals surface area contributed by atoms with Crippen LogP contribution in [0.4, 0.5) is 0 Å². The summed E-state index contributed by atoms with van der Waals surface area (Å²) in [7, 11) is 1.75. The lowest BCUT2D eigenvalue weighted by atomic mass is 10.2. The number of ether oxygens (including phenoxy) is 1. The maximum absolute atomic E-state index is 5.00. The maximum atomic E-state index is 5.00. The smallest absolute Gasteiger partial charge is 0.0462 e. The lowest BCUT2D eigenvalue weighted by molar-refractivity contribution is 0.193. The van der Waals surface area contributed by atoms with Gasteiger partial charge in [-0.1, -0.05) is 24.3 Å². The molecule has 0 aromatic heterocycles. The van der Waals surface area contributed by atoms with Crippen molar-refractivity contribution in [3.8, 4) is 0 Å². The van der Waals surface area contributed by atoms with Crippen molar-refractivity contribution in [2.75, 3.05) is 13.7 Å². The Morgan fingerprint density at radius 3 is 2.93 bits per heavy atom. The highest BCUT2D eigenvalue weighted by Crippen LogP contribution is 2.10. The van der Waals surface area contributed by atoms with Crippen molar-refractivity contribution in [1.82, 2.24) is 0 Å². The van der Waals surface area contributed by atoms with E-state index in [1.807, 2.05) is 0 Å². The lowest BCUT2D eigenvalue weighted by Gasteiger charge is -1.96. The summed E-state index contributed by atoms with van der Waals surface area (Å²) in [5.41, 5.74) is 1.29. The highest BCUT2D eigenvalue weighted by Gasteiger charge is 1.88. The van der Waals surface area contributed by atoms with Crippen LogP contribution < -0.4 is 0 Å². The second kappa shape index (κ2) is 7.88. The Morgan fingerprint density at radius 2 is 2.20 bits per heavy atom. The molecule has 0 aliphatic heterocycles. The third-order valence-corrected chi connectivity index (χ3v) is 2.80. The highest BCUT2D eigenvalue weighted by molar-refractivity contribution is 14.1. The van der Waals surface area contributed by atoms with Gasteiger partial charge in [-0.15, -0.1) is 0 Å². The number of rotatable bonds is 6. The van der Waals surface area contributed by atoms with Crippen LogP contribution in [0.15, 0.2) is 30.3 Å². The Bertz CT molecular complexity index is 307. The second-order valence-corrected chi connectivity index (χ2v) is 4.69. The minimum absolute atomic E-state index is 0.872. The quantitative estimate of drug-likeness (QED) is 0.567. The van der Waals surface area contributed by atoms with Gasteiger partial charge < -0.3 is 4.74 Å². The monoisotopic (exact) mass is 316 g/mol. The zero-order valence-corrected chi connectivity index (χ0v) is 11.2. The standard InChI is InChI=1S/C13H17IO/c1-15-10-5-3-2-4-7-12-8-6-9-13(14)11-12/h4,6-9,11H,2-3,5,10H2,1H3/b7-4+. The van der Waals surface area contributed by atoms with Crippen molar-refractivity contribution >= 4 is 28.7 Å². The van der Waals surface area contributed by atoms with Crippen LogP contribution in [0, 0.1) is 3.57 Å². The third-order valence-electron chi connectivity index (χ3n) is 2.13. The molecular weight excluding hydrogens is 299 g/mol. The molecule has 0 aliphatic rings. The Hall–Kier alpha value is -0.350. The van der Waals surface area contributed by atoms with Crippen LogP contribution >= 0.6 is 22.6 Å². The average molecular weight is 316 g/mol. The lowest BCUT2D eigenvalue weighted by Crippen LogP contribution is -1.86. The van der Waals surface area contributed by atoms with Gasteiger partial charge in [0.1, 0.15) is 0 Å². The summed E-state index contributed by atoms with van der Waals surface area (Å²) in [5.74, 6) is 0. The van der Waals surface area contributed by atoms with Crippen molar-refractivity contribution in [2.24, 2.45) is 0 Å². The van der Waals surface area contributed by atoms with E-state index in [0.29, 0.717) is 0 Å². The molecule has 1 aromatic rings. The first-order valence-electron chi connectivity index (χ1n) is 5.24. The Labute approximate surface area is 106 Å². The van der Waals surface area contributed by atoms with E-state index in [1.54, 1.807) is 7.11 Å². The molecule has 1 nitrogen and oxygen atoms in total. The summed E-state index contributed by atoms with van der Waals surface area (Å²) < 4.78 is 6.28. The molecule has 0 bridgehead atoms. The number of allylic oxidation sites excluding steroid dienone is 1. The van der Waals surface area contributed by atoms with Crippen LogP contribution in [0.3, 0.4) is 0 Å². The summed E-state index contributed by atoms with van der Waals surface area (Å²) in [6, 6.07) is 8.52. The maximum Gasteiger partial charge on any atom is 0.0462 e. The number of benzene rings is 1. The van der Waals surface area contributed by atoms with Gasteiger partial charge in [0.25, 0.3) is 0 Å². The zero-order chi connectivity index (χ0) is 10.9. The fourth-order valence-electron chi connectivity index (χ4n) is 1.34. The van der Waals surface area contributed by atoms with Gasteiger partial charge in [0.2, 0.25) is 0 Å². The molecule has 82 valence electrons. The largest absolute Gasteiger partial charge is 0.385 e. The molecular formula is C13H17IO. The number of hydrogen-bond acceptors (Lipinski definition) is 1. The predicted octanol–water partition coefficient (Wildman–Crippen LogP) is 4.12. The van der Waals surface area contributed by atoms with E-state index < -0.39 is 0 Å². The minimum Gasteiger partial charge on any atom is -0.385 e. The van der Waals surface area contributed by atoms with Crippen LogP contribution in [0.2, 0.25) is 0 Å². The van der Waals surface area contributed by atoms with E-state index in [4.69, 9.17) is 4.74 Å². The molecule has 2 heteroatoms. The summed E-state index contributed by atoms with van der Waals surface area (Å²) in [6.07, 6.45) is 7.91. The molecule has 0 saturated carbocycles. The number of methoxy groups -OCH3 is 1. The molecule has 0 radical (unpaired) electrons. The van der Waals surface area contributed by atoms with Gasteiger partial charge in [-0.2, -0.15) is 0 Å². The van der Waals surface area contributed by atoms with Gasteiger partial charge in [0, 0.05) is 17.3 Å². The molecule has 0 heterocycles. The van der Waals surface area contributed by atoms with Crippen LogP contribution in [0.5, 0.6) is 0 Å². The normalized spacial score (nSPS) is 11.1. The van der Waals surface area contributed by atoms with E-state index in [2.05, 4.69) is 59.0 Å². The van der Waals surface area contributed by atoms with E-state index in [1.165, 1.54) is 15.6 Å². The van der Waals surface area contributed by atoms with Crippen LogP contribution in [-0.2, 0) is 4.74 Å². The SMILES string of the molecule is COCCCC/C=C/c1cccc(I)c1. The van der Waals surface area contributed by atoms with Gasteiger partial charge in [0.15, 0.2) is 0 Å². The van der Waals surface area contributed by atoms with Gasteiger partial charge in [-0.05, 0) is 59.5 Å². The van der Waals surface area contributed by atoms with Crippen LogP contribution in [0.1, 0.15) is 24.8 Å². The zero-order valence-electron chi connectivity index (χ0n) is 9.08. The van der Waals surface area contributed by atoms with Crippen molar-refractivity contribution in [3.05, 3.63) is 39.5 Å². The molecule has 15 heavy (non-hydrogen) atoms. The number of hydrogen-bond donors (Lipinski definition) is 0. The van der Waals surface area contributed by atoms with Crippen molar-refractivity contribution in [2.45, 2.75) is 19.3 Å². The highest BCUT2D eigenvalue weighted by atomic mass is 127. The number of unbranched alkanes of at least 4 members (excludes halogenated alkanes) is 2. The fraction of sp³-hybridized carbons (Fsp3) is 0.385. The first-order chi connectivity index (χ1) is 7.33. The van der Waals surface area contributed by atoms with Gasteiger partial charge >= 0.3 is 0 Å². The molecule has 0 spiro atoms. The summed E-state index contributed by atoms with van der Waals surface area (Å²) in [6.45, 7) is 0.872. The van der Waals surface area contributed by atoms with Crippen LogP contribution in [0.25, 0.3) is 6.08 Å². The van der Waals surface area contributed by atoms with Crippen molar-refractivity contribution in [3.63, 3.8) is 0 Å². The predicted molar refractivity (Wildman–Crippen MR) is 73.9 cm³/mol. The Balaban J connectivity index is 2.26. The molecule has 0 atom stereocenters. The Kier molecular flexibility index (Phi) is 6.68. The molecule has 0 amide bonds. The molecule has 1 rings (SSSR count). The molecule has 0 N–H and O–H groups in total. The summed E-state index contributed by atoms with van der Waals surface area (Å²) in [4.78, 5) is 0. The first kappa shape index (κ1) is 12.7. The van der Waals surface area contributed by atoms with Crippen LogP contribution in [-0.4, -0.2) is 13.7 Å². The second-order valence-electron chi connectivity index (χ2n) is 3.45. The van der Waals surface area contributed by atoms with E-state index in [9.17, 15) is 0 Å². The van der Waals surface area contributed by atoms with Gasteiger partial charge in [-0.25, -0.2) is 0 Å². The number of halogens is 1. The molecule has 0 unspecified atom stereocenters. The van der Waals surface area contributed by atoms with E-state index >= 15 is 0 Å². The molecule has 0 fully saturated rings. The first-order valence-corrected chi connectivity index (χ1v) is 6.32. The Morgan fingerprint density at radius 1 is 1.33 bits per heavy atom. The van der Waals surface area contributed by atoms with Gasteiger partial charge in [-0.3, -0.25) is 0 Å². The third kappa shape index (κ3) is 5.95. The summed E-state index contributed by atoms with van der Waals surface area (Å²) >= 11 is 2.33. The summed E-state index contributed by atoms with van der Waals surface area (Å²) in [5, 5.41) is 0. The van der Waals surface area contributed by atoms with Gasteiger partial charge in [0.05, 0.1) is 0 Å². The van der Waals surface area contributed by atoms with Crippen molar-refractivity contribution < 1.29 is 4.74 Å². The minimum atomic E-state index is 0.872. The fourth-order valence-corrected chi connectivity index (χ4v) is 1.91. The van der Waals surface area contributed by atoms with E-state index in [0.717, 1.165) is 19.4 Å². The molecule has 0 saturated heterocycles.